The minimum absolute atomic E-state index is 0.656. The summed E-state index contributed by atoms with van der Waals surface area (Å²) in [7, 11) is 0. The molecular formula is C15H18BrNO2S. The number of hydrogen-bond donors (Lipinski definition) is 1. The van der Waals surface area contributed by atoms with Crippen molar-refractivity contribution in [2.24, 2.45) is 0 Å². The van der Waals surface area contributed by atoms with Gasteiger partial charge in [0.15, 0.2) is 0 Å². The molecule has 0 saturated carbocycles. The maximum Gasteiger partial charge on any atom is 0.328 e. The quantitative estimate of drug-likeness (QED) is 0.832. The smallest absolute Gasteiger partial charge is 0.328 e. The van der Waals surface area contributed by atoms with Crippen LogP contribution in [0.25, 0.3) is 6.08 Å². The third kappa shape index (κ3) is 4.03. The number of carboxylic acid groups (broad SMARTS) is 1. The van der Waals surface area contributed by atoms with Gasteiger partial charge in [-0.25, -0.2) is 4.79 Å². The summed E-state index contributed by atoms with van der Waals surface area (Å²) in [6, 6.07) is 6.04. The topological polar surface area (TPSA) is 40.5 Å². The summed E-state index contributed by atoms with van der Waals surface area (Å²) in [6.07, 6.45) is 4.03. The number of rotatable bonds is 4. The zero-order valence-electron chi connectivity index (χ0n) is 11.4. The van der Waals surface area contributed by atoms with Crippen molar-refractivity contribution in [3.05, 3.63) is 34.3 Å². The molecule has 0 aromatic heterocycles. The number of halogens is 1. The monoisotopic (exact) mass is 355 g/mol. The van der Waals surface area contributed by atoms with Gasteiger partial charge in [0.25, 0.3) is 0 Å². The first-order chi connectivity index (χ1) is 9.60. The van der Waals surface area contributed by atoms with Crippen molar-refractivity contribution in [1.82, 2.24) is 0 Å². The van der Waals surface area contributed by atoms with E-state index in [9.17, 15) is 4.79 Å². The Morgan fingerprint density at radius 3 is 3.10 bits per heavy atom. The lowest BCUT2D eigenvalue weighted by Gasteiger charge is -2.34. The fourth-order valence-corrected chi connectivity index (χ4v) is 3.85. The zero-order valence-corrected chi connectivity index (χ0v) is 13.8. The lowest BCUT2D eigenvalue weighted by molar-refractivity contribution is -0.131. The Labute approximate surface area is 132 Å². The van der Waals surface area contributed by atoms with Gasteiger partial charge in [-0.3, -0.25) is 0 Å². The predicted octanol–water partition coefficient (Wildman–Crippen LogP) is 3.88. The van der Waals surface area contributed by atoms with Gasteiger partial charge in [-0.2, -0.15) is 11.8 Å². The Balaban J connectivity index is 2.28. The van der Waals surface area contributed by atoms with E-state index in [1.165, 1.54) is 6.08 Å². The predicted molar refractivity (Wildman–Crippen MR) is 89.6 cm³/mol. The van der Waals surface area contributed by atoms with Crippen LogP contribution >= 0.6 is 27.7 Å². The molecule has 108 valence electrons. The molecule has 0 bridgehead atoms. The van der Waals surface area contributed by atoms with E-state index < -0.39 is 5.97 Å². The first-order valence-electron chi connectivity index (χ1n) is 6.67. The normalized spacial score (nSPS) is 19.5. The summed E-state index contributed by atoms with van der Waals surface area (Å²) in [5.41, 5.74) is 2.06. The van der Waals surface area contributed by atoms with Crippen LogP contribution in [-0.2, 0) is 4.79 Å². The number of anilines is 1. The SMILES string of the molecule is CCC1CN(c2ccc(Br)cc2/C=C/C(=O)O)CCS1. The Morgan fingerprint density at radius 2 is 2.40 bits per heavy atom. The van der Waals surface area contributed by atoms with Crippen molar-refractivity contribution in [2.45, 2.75) is 18.6 Å². The molecular weight excluding hydrogens is 338 g/mol. The van der Waals surface area contributed by atoms with Crippen molar-refractivity contribution in [3.63, 3.8) is 0 Å². The zero-order chi connectivity index (χ0) is 14.5. The number of carboxylic acids is 1. The van der Waals surface area contributed by atoms with Gasteiger partial charge in [-0.1, -0.05) is 22.9 Å². The van der Waals surface area contributed by atoms with Crippen LogP contribution in [0.3, 0.4) is 0 Å². The average Bonchev–Trinajstić information content (AvgIpc) is 2.45. The van der Waals surface area contributed by atoms with E-state index in [1.807, 2.05) is 23.9 Å². The van der Waals surface area contributed by atoms with Crippen molar-refractivity contribution in [1.29, 1.82) is 0 Å². The van der Waals surface area contributed by atoms with Crippen LogP contribution in [0, 0.1) is 0 Å². The molecule has 3 nitrogen and oxygen atoms in total. The number of hydrogen-bond acceptors (Lipinski definition) is 3. The first kappa shape index (κ1) is 15.4. The third-order valence-electron chi connectivity index (χ3n) is 3.33. The Kier molecular flexibility index (Phi) is 5.54. The average molecular weight is 356 g/mol. The lowest BCUT2D eigenvalue weighted by Crippen LogP contribution is -2.37. The Morgan fingerprint density at radius 1 is 1.60 bits per heavy atom. The van der Waals surface area contributed by atoms with Crippen molar-refractivity contribution in [2.75, 3.05) is 23.7 Å². The summed E-state index contributed by atoms with van der Waals surface area (Å²) in [5.74, 6) is 0.202. The number of aliphatic carboxylic acids is 1. The third-order valence-corrected chi connectivity index (χ3v) is 5.20. The van der Waals surface area contributed by atoms with Crippen LogP contribution in [-0.4, -0.2) is 35.2 Å². The van der Waals surface area contributed by atoms with Crippen LogP contribution in [0.5, 0.6) is 0 Å². The minimum atomic E-state index is -0.920. The van der Waals surface area contributed by atoms with E-state index in [1.54, 1.807) is 6.08 Å². The number of carbonyl (C=O) groups is 1. The van der Waals surface area contributed by atoms with Crippen LogP contribution in [0.4, 0.5) is 5.69 Å². The molecule has 5 heteroatoms. The van der Waals surface area contributed by atoms with Crippen LogP contribution in [0.2, 0.25) is 0 Å². The number of benzene rings is 1. The first-order valence-corrected chi connectivity index (χ1v) is 8.51. The van der Waals surface area contributed by atoms with E-state index >= 15 is 0 Å². The van der Waals surface area contributed by atoms with Gasteiger partial charge in [-0.05, 0) is 36.3 Å². The summed E-state index contributed by atoms with van der Waals surface area (Å²) in [6.45, 7) is 4.25. The van der Waals surface area contributed by atoms with Gasteiger partial charge in [0.05, 0.1) is 0 Å². The molecule has 1 N–H and O–H groups in total. The van der Waals surface area contributed by atoms with E-state index in [2.05, 4.69) is 33.8 Å². The molecule has 1 unspecified atom stereocenters. The molecule has 2 rings (SSSR count). The summed E-state index contributed by atoms with van der Waals surface area (Å²) >= 11 is 5.47. The lowest BCUT2D eigenvalue weighted by atomic mass is 10.1. The molecule has 1 fully saturated rings. The molecule has 1 aliphatic rings. The molecule has 0 radical (unpaired) electrons. The number of thioether (sulfide) groups is 1. The molecule has 1 aromatic carbocycles. The van der Waals surface area contributed by atoms with Crippen LogP contribution in [0.1, 0.15) is 18.9 Å². The van der Waals surface area contributed by atoms with Gasteiger partial charge >= 0.3 is 5.97 Å². The molecule has 0 spiro atoms. The van der Waals surface area contributed by atoms with E-state index in [-0.39, 0.29) is 0 Å². The van der Waals surface area contributed by atoms with Gasteiger partial charge in [-0.15, -0.1) is 0 Å². The largest absolute Gasteiger partial charge is 0.478 e. The van der Waals surface area contributed by atoms with E-state index in [0.717, 1.165) is 41.0 Å². The fraction of sp³-hybridized carbons (Fsp3) is 0.400. The molecule has 1 aromatic rings. The summed E-state index contributed by atoms with van der Waals surface area (Å²) < 4.78 is 0.963. The van der Waals surface area contributed by atoms with Crippen molar-refractivity contribution >= 4 is 45.4 Å². The maximum absolute atomic E-state index is 10.7. The van der Waals surface area contributed by atoms with Gasteiger partial charge < -0.3 is 10.0 Å². The molecule has 1 atom stereocenters. The maximum atomic E-state index is 10.7. The summed E-state index contributed by atoms with van der Waals surface area (Å²) in [5, 5.41) is 9.47. The molecule has 1 aliphatic heterocycles. The molecule has 0 aliphatic carbocycles. The highest BCUT2D eigenvalue weighted by Gasteiger charge is 2.20. The van der Waals surface area contributed by atoms with E-state index in [0.29, 0.717) is 5.25 Å². The highest BCUT2D eigenvalue weighted by Crippen LogP contribution is 2.30. The second-order valence-corrected chi connectivity index (χ2v) is 7.05. The molecule has 1 saturated heterocycles. The molecule has 0 amide bonds. The van der Waals surface area contributed by atoms with Crippen molar-refractivity contribution < 1.29 is 9.90 Å². The minimum Gasteiger partial charge on any atom is -0.478 e. The molecule has 1 heterocycles. The molecule has 20 heavy (non-hydrogen) atoms. The van der Waals surface area contributed by atoms with Gasteiger partial charge in [0.2, 0.25) is 0 Å². The Bertz CT molecular complexity index is 519. The van der Waals surface area contributed by atoms with E-state index in [4.69, 9.17) is 5.11 Å². The summed E-state index contributed by atoms with van der Waals surface area (Å²) in [4.78, 5) is 13.1. The van der Waals surface area contributed by atoms with Crippen LogP contribution < -0.4 is 4.90 Å². The van der Waals surface area contributed by atoms with Gasteiger partial charge in [0.1, 0.15) is 0 Å². The van der Waals surface area contributed by atoms with Crippen molar-refractivity contribution in [3.8, 4) is 0 Å². The highest BCUT2D eigenvalue weighted by atomic mass is 79.9. The second-order valence-electron chi connectivity index (χ2n) is 4.72. The number of nitrogens with zero attached hydrogens (tertiary/aromatic N) is 1. The standard InChI is InChI=1S/C15H18BrNO2S/c1-2-13-10-17(7-8-20-13)14-5-4-12(16)9-11(14)3-6-15(18)19/h3-6,9,13H,2,7-8,10H2,1H3,(H,18,19)/b6-3+. The van der Waals surface area contributed by atoms with Crippen LogP contribution in [0.15, 0.2) is 28.7 Å². The van der Waals surface area contributed by atoms with Gasteiger partial charge in [0, 0.05) is 40.3 Å². The fourth-order valence-electron chi connectivity index (χ4n) is 2.29. The second kappa shape index (κ2) is 7.18. The Hall–Kier alpha value is -0.940. The highest BCUT2D eigenvalue weighted by molar-refractivity contribution is 9.10.